The Morgan fingerprint density at radius 3 is 3.00 bits per heavy atom. The van der Waals surface area contributed by atoms with Crippen molar-refractivity contribution >= 4 is 27.5 Å². The number of aryl methyl sites for hydroxylation is 1. The lowest BCUT2D eigenvalue weighted by molar-refractivity contribution is -0.117. The highest BCUT2D eigenvalue weighted by molar-refractivity contribution is 9.10. The van der Waals surface area contributed by atoms with Crippen LogP contribution in [0.3, 0.4) is 0 Å². The molecule has 0 aromatic heterocycles. The predicted octanol–water partition coefficient (Wildman–Crippen LogP) is 2.70. The topological polar surface area (TPSA) is 50.4 Å². The number of anilines is 1. The molecule has 0 spiro atoms. The number of hydrogen-bond donors (Lipinski definition) is 2. The summed E-state index contributed by atoms with van der Waals surface area (Å²) in [6.45, 7) is 3.91. The summed E-state index contributed by atoms with van der Waals surface area (Å²) in [6.07, 6.45) is 1.63. The first-order valence-electron chi connectivity index (χ1n) is 6.45. The van der Waals surface area contributed by atoms with Crippen molar-refractivity contribution in [2.45, 2.75) is 19.8 Å². The number of carbonyl (C=O) groups is 1. The molecular weight excluding hydrogens is 308 g/mol. The Labute approximate surface area is 122 Å². The average Bonchev–Trinajstić information content (AvgIpc) is 2.85. The molecule has 1 fully saturated rings. The van der Waals surface area contributed by atoms with E-state index in [4.69, 9.17) is 4.74 Å². The summed E-state index contributed by atoms with van der Waals surface area (Å²) in [7, 11) is 1.61. The van der Waals surface area contributed by atoms with Gasteiger partial charge in [-0.3, -0.25) is 4.79 Å². The molecule has 2 N–H and O–H groups in total. The molecule has 2 rings (SSSR count). The van der Waals surface area contributed by atoms with Crippen molar-refractivity contribution in [1.29, 1.82) is 0 Å². The van der Waals surface area contributed by atoms with Gasteiger partial charge in [0.2, 0.25) is 5.91 Å². The lowest BCUT2D eigenvalue weighted by Crippen LogP contribution is -2.19. The van der Waals surface area contributed by atoms with Crippen molar-refractivity contribution in [3.8, 4) is 5.75 Å². The number of halogens is 1. The fourth-order valence-corrected chi connectivity index (χ4v) is 2.93. The van der Waals surface area contributed by atoms with E-state index in [2.05, 4.69) is 26.6 Å². The summed E-state index contributed by atoms with van der Waals surface area (Å²) in [5.74, 6) is 1.18. The van der Waals surface area contributed by atoms with Crippen molar-refractivity contribution in [2.75, 3.05) is 25.5 Å². The van der Waals surface area contributed by atoms with Crippen molar-refractivity contribution < 1.29 is 9.53 Å². The molecule has 1 aromatic carbocycles. The molecule has 1 amide bonds. The second-order valence-corrected chi connectivity index (χ2v) is 5.83. The Bertz CT molecular complexity index is 471. The van der Waals surface area contributed by atoms with Crippen LogP contribution in [-0.2, 0) is 4.79 Å². The molecular formula is C14H19BrN2O2. The maximum atomic E-state index is 12.1. The average molecular weight is 327 g/mol. The molecule has 0 saturated carbocycles. The molecule has 1 aromatic rings. The number of ether oxygens (including phenoxy) is 1. The van der Waals surface area contributed by atoms with Crippen molar-refractivity contribution in [3.05, 3.63) is 22.2 Å². The molecule has 1 heterocycles. The van der Waals surface area contributed by atoms with Crippen molar-refractivity contribution in [2.24, 2.45) is 5.92 Å². The van der Waals surface area contributed by atoms with Gasteiger partial charge in [-0.25, -0.2) is 0 Å². The minimum atomic E-state index is 0.0532. The fraction of sp³-hybridized carbons (Fsp3) is 0.500. The minimum absolute atomic E-state index is 0.0532. The summed E-state index contributed by atoms with van der Waals surface area (Å²) in [6, 6.07) is 3.83. The molecule has 1 saturated heterocycles. The van der Waals surface area contributed by atoms with Crippen LogP contribution in [0.4, 0.5) is 5.69 Å². The number of methoxy groups -OCH3 is 1. The third-order valence-electron chi connectivity index (χ3n) is 3.38. The van der Waals surface area contributed by atoms with Crippen LogP contribution in [0.25, 0.3) is 0 Å². The van der Waals surface area contributed by atoms with E-state index in [-0.39, 0.29) is 5.91 Å². The lowest BCUT2D eigenvalue weighted by Gasteiger charge is -2.15. The second-order valence-electron chi connectivity index (χ2n) is 4.91. The van der Waals surface area contributed by atoms with Gasteiger partial charge in [0.15, 0.2) is 0 Å². The van der Waals surface area contributed by atoms with E-state index < -0.39 is 0 Å². The van der Waals surface area contributed by atoms with E-state index in [1.165, 1.54) is 0 Å². The van der Waals surface area contributed by atoms with Crippen molar-refractivity contribution in [3.63, 3.8) is 0 Å². The van der Waals surface area contributed by atoms with E-state index in [9.17, 15) is 4.79 Å². The first-order valence-corrected chi connectivity index (χ1v) is 7.24. The van der Waals surface area contributed by atoms with Gasteiger partial charge in [-0.2, -0.15) is 0 Å². The highest BCUT2D eigenvalue weighted by Crippen LogP contribution is 2.32. The first-order chi connectivity index (χ1) is 9.10. The van der Waals surface area contributed by atoms with Crippen LogP contribution < -0.4 is 15.4 Å². The zero-order chi connectivity index (χ0) is 13.8. The second kappa shape index (κ2) is 6.39. The number of benzene rings is 1. The fourth-order valence-electron chi connectivity index (χ4n) is 2.37. The number of carbonyl (C=O) groups excluding carboxylic acids is 1. The minimum Gasteiger partial charge on any atom is -0.495 e. The molecule has 1 unspecified atom stereocenters. The number of amides is 1. The van der Waals surface area contributed by atoms with Crippen molar-refractivity contribution in [1.82, 2.24) is 5.32 Å². The predicted molar refractivity (Wildman–Crippen MR) is 79.7 cm³/mol. The Kier molecular flexibility index (Phi) is 4.82. The number of hydrogen-bond acceptors (Lipinski definition) is 3. The van der Waals surface area contributed by atoms with Gasteiger partial charge in [0.1, 0.15) is 5.75 Å². The largest absolute Gasteiger partial charge is 0.495 e. The molecule has 1 atom stereocenters. The van der Waals surface area contributed by atoms with E-state index >= 15 is 0 Å². The normalized spacial score (nSPS) is 18.4. The van der Waals surface area contributed by atoms with E-state index in [1.807, 2.05) is 19.1 Å². The van der Waals surface area contributed by atoms with Gasteiger partial charge >= 0.3 is 0 Å². The molecule has 1 aliphatic heterocycles. The maximum Gasteiger partial charge on any atom is 0.224 e. The van der Waals surface area contributed by atoms with E-state index in [0.717, 1.165) is 35.2 Å². The van der Waals surface area contributed by atoms with Crippen LogP contribution in [0.2, 0.25) is 0 Å². The Morgan fingerprint density at radius 1 is 1.58 bits per heavy atom. The quantitative estimate of drug-likeness (QED) is 0.894. The van der Waals surface area contributed by atoms with Crippen LogP contribution in [0.1, 0.15) is 18.4 Å². The Morgan fingerprint density at radius 2 is 2.37 bits per heavy atom. The Balaban J connectivity index is 2.07. The molecule has 4 nitrogen and oxygen atoms in total. The van der Waals surface area contributed by atoms with Gasteiger partial charge in [0.05, 0.1) is 12.8 Å². The van der Waals surface area contributed by atoms with E-state index in [0.29, 0.717) is 18.1 Å². The van der Waals surface area contributed by atoms with Gasteiger partial charge < -0.3 is 15.4 Å². The van der Waals surface area contributed by atoms with E-state index in [1.54, 1.807) is 7.11 Å². The summed E-state index contributed by atoms with van der Waals surface area (Å²) < 4.78 is 6.27. The highest BCUT2D eigenvalue weighted by atomic mass is 79.9. The Hall–Kier alpha value is -1.07. The molecule has 0 radical (unpaired) electrons. The molecule has 0 bridgehead atoms. The molecule has 19 heavy (non-hydrogen) atoms. The standard InChI is InChI=1S/C14H19BrN2O2/c1-9-5-11(15)7-12(19-2)14(9)17-13(18)6-10-3-4-16-8-10/h5,7,10,16H,3-4,6,8H2,1-2H3,(H,17,18). The smallest absolute Gasteiger partial charge is 0.224 e. The summed E-state index contributed by atoms with van der Waals surface area (Å²) in [4.78, 5) is 12.1. The molecule has 1 aliphatic rings. The zero-order valence-electron chi connectivity index (χ0n) is 11.3. The number of nitrogens with one attached hydrogen (secondary N) is 2. The lowest BCUT2D eigenvalue weighted by atomic mass is 10.0. The van der Waals surface area contributed by atoms with Crippen LogP contribution >= 0.6 is 15.9 Å². The molecule has 104 valence electrons. The molecule has 5 heteroatoms. The summed E-state index contributed by atoms with van der Waals surface area (Å²) in [5, 5.41) is 6.24. The highest BCUT2D eigenvalue weighted by Gasteiger charge is 2.19. The SMILES string of the molecule is COc1cc(Br)cc(C)c1NC(=O)CC1CCNC1. The van der Waals surface area contributed by atoms with Crippen LogP contribution in [0, 0.1) is 12.8 Å². The van der Waals surface area contributed by atoms with Crippen LogP contribution in [-0.4, -0.2) is 26.1 Å². The van der Waals surface area contributed by atoms with Gasteiger partial charge in [0.25, 0.3) is 0 Å². The van der Waals surface area contributed by atoms with Crippen LogP contribution in [0.5, 0.6) is 5.75 Å². The zero-order valence-corrected chi connectivity index (χ0v) is 12.8. The summed E-state index contributed by atoms with van der Waals surface area (Å²) in [5.41, 5.74) is 1.76. The van der Waals surface area contributed by atoms with Crippen LogP contribution in [0.15, 0.2) is 16.6 Å². The first kappa shape index (κ1) is 14.3. The molecule has 0 aliphatic carbocycles. The van der Waals surface area contributed by atoms with Gasteiger partial charge in [-0.1, -0.05) is 15.9 Å². The van der Waals surface area contributed by atoms with Gasteiger partial charge in [-0.15, -0.1) is 0 Å². The van der Waals surface area contributed by atoms with Gasteiger partial charge in [0, 0.05) is 10.9 Å². The third kappa shape index (κ3) is 3.70. The number of rotatable bonds is 4. The summed E-state index contributed by atoms with van der Waals surface area (Å²) >= 11 is 3.42. The van der Waals surface area contributed by atoms with Gasteiger partial charge in [-0.05, 0) is 50.0 Å². The monoisotopic (exact) mass is 326 g/mol. The maximum absolute atomic E-state index is 12.1. The third-order valence-corrected chi connectivity index (χ3v) is 3.84.